The number of anilines is 2. The molecule has 4 heterocycles. The molecule has 4 aromatic rings. The maximum Gasteiger partial charge on any atom is 0.252 e. The standard InChI is InChI=1S/C31H37ClN8O3/c1-31(2,29-33-10-7-11-34-29)37-23-17-26(41)39(5)27-21(23)14-19(16-25(27)43-6)15-24-22(32)18-35-30(36-24)40-12-8-20(9-13-40)28(42)38(3)4/h7,10-11,14,16-18,20,37H,8-9,12-13,15H2,1-6H3. The second-order valence-electron chi connectivity index (χ2n) is 11.6. The summed E-state index contributed by atoms with van der Waals surface area (Å²) in [6, 6.07) is 7.28. The Morgan fingerprint density at radius 2 is 1.84 bits per heavy atom. The number of pyridine rings is 1. The number of methoxy groups -OCH3 is 1. The third-order valence-electron chi connectivity index (χ3n) is 7.89. The van der Waals surface area contributed by atoms with Crippen molar-refractivity contribution < 1.29 is 9.53 Å². The van der Waals surface area contributed by atoms with Crippen LogP contribution in [0.2, 0.25) is 5.02 Å². The molecule has 0 atom stereocenters. The number of hydrogen-bond donors (Lipinski definition) is 1. The molecular weight excluding hydrogens is 568 g/mol. The van der Waals surface area contributed by atoms with E-state index in [0.29, 0.717) is 59.0 Å². The second kappa shape index (κ2) is 12.2. The van der Waals surface area contributed by atoms with E-state index in [0.717, 1.165) is 23.8 Å². The van der Waals surface area contributed by atoms with Crippen LogP contribution in [0.25, 0.3) is 10.9 Å². The van der Waals surface area contributed by atoms with Crippen LogP contribution in [0.5, 0.6) is 5.75 Å². The predicted molar refractivity (Wildman–Crippen MR) is 168 cm³/mol. The number of amides is 1. The van der Waals surface area contributed by atoms with E-state index in [1.807, 2.05) is 26.0 Å². The molecule has 226 valence electrons. The Hall–Kier alpha value is -4.25. The number of fused-ring (bicyclic) bond motifs is 1. The molecule has 0 saturated carbocycles. The van der Waals surface area contributed by atoms with Gasteiger partial charge in [-0.1, -0.05) is 11.6 Å². The fraction of sp³-hybridized carbons (Fsp3) is 0.419. The number of aryl methyl sites for hydroxylation is 1. The van der Waals surface area contributed by atoms with Gasteiger partial charge < -0.3 is 24.4 Å². The lowest BCUT2D eigenvalue weighted by molar-refractivity contribution is -0.133. The van der Waals surface area contributed by atoms with Gasteiger partial charge in [-0.2, -0.15) is 0 Å². The first-order valence-corrected chi connectivity index (χ1v) is 14.6. The van der Waals surface area contributed by atoms with Gasteiger partial charge in [0.25, 0.3) is 5.56 Å². The van der Waals surface area contributed by atoms with Gasteiger partial charge in [0.1, 0.15) is 5.75 Å². The molecule has 5 rings (SSSR count). The van der Waals surface area contributed by atoms with E-state index in [1.165, 1.54) is 0 Å². The Bertz CT molecular complexity index is 1700. The van der Waals surface area contributed by atoms with E-state index in [4.69, 9.17) is 21.3 Å². The zero-order valence-electron chi connectivity index (χ0n) is 25.4. The van der Waals surface area contributed by atoms with Gasteiger partial charge in [-0.15, -0.1) is 0 Å². The average Bonchev–Trinajstić information content (AvgIpc) is 3.00. The number of carbonyl (C=O) groups excluding carboxylic acids is 1. The van der Waals surface area contributed by atoms with Gasteiger partial charge in [-0.05, 0) is 50.5 Å². The lowest BCUT2D eigenvalue weighted by atomic mass is 9.96. The number of piperidine rings is 1. The summed E-state index contributed by atoms with van der Waals surface area (Å²) in [6.07, 6.45) is 6.94. The van der Waals surface area contributed by atoms with E-state index in [9.17, 15) is 9.59 Å². The number of aromatic nitrogens is 5. The zero-order valence-corrected chi connectivity index (χ0v) is 26.1. The maximum atomic E-state index is 13.0. The van der Waals surface area contributed by atoms with Crippen molar-refractivity contribution in [1.82, 2.24) is 29.4 Å². The number of rotatable bonds is 8. The summed E-state index contributed by atoms with van der Waals surface area (Å²) in [6.45, 7) is 5.32. The van der Waals surface area contributed by atoms with Crippen LogP contribution in [0.15, 0.2) is 47.7 Å². The molecule has 0 radical (unpaired) electrons. The van der Waals surface area contributed by atoms with Crippen LogP contribution < -0.4 is 20.5 Å². The Morgan fingerprint density at radius 3 is 2.49 bits per heavy atom. The normalized spacial score (nSPS) is 14.2. The zero-order chi connectivity index (χ0) is 30.9. The van der Waals surface area contributed by atoms with Crippen molar-refractivity contribution in [3.8, 4) is 5.75 Å². The Morgan fingerprint density at radius 1 is 1.14 bits per heavy atom. The number of benzene rings is 1. The van der Waals surface area contributed by atoms with Crippen molar-refractivity contribution in [2.75, 3.05) is 44.5 Å². The molecule has 1 amide bonds. The van der Waals surface area contributed by atoms with Crippen LogP contribution in [0.3, 0.4) is 0 Å². The highest BCUT2D eigenvalue weighted by Crippen LogP contribution is 2.35. The van der Waals surface area contributed by atoms with Crippen molar-refractivity contribution in [2.24, 2.45) is 13.0 Å². The highest BCUT2D eigenvalue weighted by atomic mass is 35.5. The van der Waals surface area contributed by atoms with E-state index < -0.39 is 5.54 Å². The van der Waals surface area contributed by atoms with Gasteiger partial charge in [0, 0.05) is 76.1 Å². The topological polar surface area (TPSA) is 118 Å². The first-order chi connectivity index (χ1) is 20.5. The molecule has 1 saturated heterocycles. The smallest absolute Gasteiger partial charge is 0.252 e. The van der Waals surface area contributed by atoms with E-state index in [1.54, 1.807) is 68.4 Å². The van der Waals surface area contributed by atoms with Crippen molar-refractivity contribution >= 4 is 40.0 Å². The summed E-state index contributed by atoms with van der Waals surface area (Å²) >= 11 is 6.61. The van der Waals surface area contributed by atoms with Gasteiger partial charge in [-0.25, -0.2) is 19.9 Å². The van der Waals surface area contributed by atoms with E-state index in [-0.39, 0.29) is 17.4 Å². The lowest BCUT2D eigenvalue weighted by Crippen LogP contribution is -2.40. The summed E-state index contributed by atoms with van der Waals surface area (Å²) in [5, 5.41) is 4.75. The van der Waals surface area contributed by atoms with Gasteiger partial charge in [0.2, 0.25) is 11.9 Å². The molecule has 0 spiro atoms. The number of nitrogens with one attached hydrogen (secondary N) is 1. The van der Waals surface area contributed by atoms with Crippen molar-refractivity contribution in [3.63, 3.8) is 0 Å². The number of carbonyl (C=O) groups is 1. The van der Waals surface area contributed by atoms with Crippen LogP contribution in [-0.2, 0) is 23.8 Å². The molecule has 1 aliphatic heterocycles. The summed E-state index contributed by atoms with van der Waals surface area (Å²) in [7, 11) is 6.90. The highest BCUT2D eigenvalue weighted by molar-refractivity contribution is 6.31. The van der Waals surface area contributed by atoms with Crippen molar-refractivity contribution in [1.29, 1.82) is 0 Å². The Labute approximate surface area is 255 Å². The molecule has 1 aromatic carbocycles. The molecule has 0 bridgehead atoms. The van der Waals surface area contributed by atoms with Crippen LogP contribution in [0.1, 0.15) is 43.8 Å². The average molecular weight is 605 g/mol. The summed E-state index contributed by atoms with van der Waals surface area (Å²) in [4.78, 5) is 47.4. The predicted octanol–water partition coefficient (Wildman–Crippen LogP) is 4.02. The summed E-state index contributed by atoms with van der Waals surface area (Å²) < 4.78 is 7.37. The summed E-state index contributed by atoms with van der Waals surface area (Å²) in [5.41, 5.74) is 2.04. The van der Waals surface area contributed by atoms with Gasteiger partial charge >= 0.3 is 0 Å². The van der Waals surface area contributed by atoms with Crippen molar-refractivity contribution in [3.05, 3.63) is 75.3 Å². The van der Waals surface area contributed by atoms with E-state index in [2.05, 4.69) is 25.2 Å². The minimum Gasteiger partial charge on any atom is -0.495 e. The molecular formula is C31H37ClN8O3. The fourth-order valence-electron chi connectivity index (χ4n) is 5.55. The third kappa shape index (κ3) is 6.27. The second-order valence-corrected chi connectivity index (χ2v) is 12.0. The molecule has 12 heteroatoms. The van der Waals surface area contributed by atoms with Crippen LogP contribution >= 0.6 is 11.6 Å². The number of ether oxygens (including phenoxy) is 1. The quantitative estimate of drug-likeness (QED) is 0.318. The molecule has 11 nitrogen and oxygen atoms in total. The molecule has 3 aromatic heterocycles. The number of halogens is 1. The molecule has 1 N–H and O–H groups in total. The molecule has 1 aliphatic rings. The molecule has 0 aliphatic carbocycles. The minimum absolute atomic E-state index is 0.0142. The first kappa shape index (κ1) is 30.2. The van der Waals surface area contributed by atoms with Crippen molar-refractivity contribution in [2.45, 2.75) is 38.6 Å². The van der Waals surface area contributed by atoms with Crippen LogP contribution in [0.4, 0.5) is 11.6 Å². The number of hydrogen-bond acceptors (Lipinski definition) is 9. The SMILES string of the molecule is COc1cc(Cc2nc(N3CCC(C(=O)N(C)C)CC3)ncc2Cl)cc2c(NC(C)(C)c3ncccn3)cc(=O)n(C)c12. The van der Waals surface area contributed by atoms with Crippen LogP contribution in [0, 0.1) is 5.92 Å². The Balaban J connectivity index is 1.48. The molecule has 0 unspecified atom stereocenters. The monoisotopic (exact) mass is 604 g/mol. The fourth-order valence-corrected chi connectivity index (χ4v) is 5.71. The first-order valence-electron chi connectivity index (χ1n) is 14.2. The van der Waals surface area contributed by atoms with Crippen LogP contribution in [-0.4, -0.2) is 69.6 Å². The van der Waals surface area contributed by atoms with Gasteiger partial charge in [0.05, 0.1) is 35.1 Å². The number of nitrogens with zero attached hydrogens (tertiary/aromatic N) is 7. The van der Waals surface area contributed by atoms with Gasteiger partial charge in [-0.3, -0.25) is 9.59 Å². The van der Waals surface area contributed by atoms with E-state index >= 15 is 0 Å². The highest BCUT2D eigenvalue weighted by Gasteiger charge is 2.28. The third-order valence-corrected chi connectivity index (χ3v) is 8.21. The Kier molecular flexibility index (Phi) is 8.55. The molecule has 1 fully saturated rings. The maximum absolute atomic E-state index is 13.0. The minimum atomic E-state index is -0.667. The molecule has 43 heavy (non-hydrogen) atoms. The largest absolute Gasteiger partial charge is 0.495 e. The summed E-state index contributed by atoms with van der Waals surface area (Å²) in [5.74, 6) is 1.93. The van der Waals surface area contributed by atoms with Gasteiger partial charge in [0.15, 0.2) is 5.82 Å². The lowest BCUT2D eigenvalue weighted by Gasteiger charge is -2.32.